The summed E-state index contributed by atoms with van der Waals surface area (Å²) < 4.78 is 5.19. The van der Waals surface area contributed by atoms with Gasteiger partial charge in [-0.1, -0.05) is 36.0 Å². The van der Waals surface area contributed by atoms with Gasteiger partial charge in [-0.3, -0.25) is 9.59 Å². The van der Waals surface area contributed by atoms with Crippen LogP contribution in [0, 0.1) is 5.92 Å². The van der Waals surface area contributed by atoms with Crippen molar-refractivity contribution in [3.8, 4) is 0 Å². The fourth-order valence-corrected chi connectivity index (χ4v) is 2.91. The predicted molar refractivity (Wildman–Crippen MR) is 87.2 cm³/mol. The van der Waals surface area contributed by atoms with E-state index in [1.54, 1.807) is 25.1 Å². The SMILES string of the molecule is C[C@@H](OC(=O)CC1CCCC1)C(=O)Nc1cc(Cl)ccc1Cl. The van der Waals surface area contributed by atoms with Crippen molar-refractivity contribution in [2.75, 3.05) is 5.32 Å². The van der Waals surface area contributed by atoms with Gasteiger partial charge >= 0.3 is 5.97 Å². The molecule has 0 radical (unpaired) electrons. The number of esters is 1. The third-order valence-corrected chi connectivity index (χ3v) is 4.36. The van der Waals surface area contributed by atoms with Crippen LogP contribution in [-0.4, -0.2) is 18.0 Å². The van der Waals surface area contributed by atoms with E-state index in [4.69, 9.17) is 27.9 Å². The van der Waals surface area contributed by atoms with Gasteiger partial charge in [-0.2, -0.15) is 0 Å². The molecule has 1 N–H and O–H groups in total. The number of rotatable bonds is 5. The van der Waals surface area contributed by atoms with Crippen LogP contribution in [0.3, 0.4) is 0 Å². The Labute approximate surface area is 140 Å². The lowest BCUT2D eigenvalue weighted by atomic mass is 10.0. The van der Waals surface area contributed by atoms with Crippen molar-refractivity contribution >= 4 is 40.8 Å². The van der Waals surface area contributed by atoms with Gasteiger partial charge < -0.3 is 10.1 Å². The molecule has 4 nitrogen and oxygen atoms in total. The molecular formula is C16H19Cl2NO3. The topological polar surface area (TPSA) is 55.4 Å². The highest BCUT2D eigenvalue weighted by molar-refractivity contribution is 6.35. The number of halogens is 2. The maximum absolute atomic E-state index is 12.1. The van der Waals surface area contributed by atoms with Crippen LogP contribution in [0.15, 0.2) is 18.2 Å². The molecule has 1 saturated carbocycles. The van der Waals surface area contributed by atoms with Crippen molar-refractivity contribution in [1.29, 1.82) is 0 Å². The van der Waals surface area contributed by atoms with E-state index < -0.39 is 12.0 Å². The Hall–Kier alpha value is -1.26. The first-order valence-corrected chi connectivity index (χ1v) is 8.16. The molecule has 1 aliphatic carbocycles. The fraction of sp³-hybridized carbons (Fsp3) is 0.500. The number of hydrogen-bond donors (Lipinski definition) is 1. The molecule has 1 aliphatic rings. The number of hydrogen-bond acceptors (Lipinski definition) is 3. The zero-order valence-corrected chi connectivity index (χ0v) is 13.9. The van der Waals surface area contributed by atoms with Gasteiger partial charge in [-0.05, 0) is 43.9 Å². The van der Waals surface area contributed by atoms with E-state index in [0.717, 1.165) is 12.8 Å². The number of carbonyl (C=O) groups is 2. The van der Waals surface area contributed by atoms with Gasteiger partial charge in [0.2, 0.25) is 0 Å². The third kappa shape index (κ3) is 4.89. The Morgan fingerprint density at radius 2 is 2.00 bits per heavy atom. The molecule has 120 valence electrons. The molecule has 6 heteroatoms. The zero-order chi connectivity index (χ0) is 16.1. The highest BCUT2D eigenvalue weighted by atomic mass is 35.5. The lowest BCUT2D eigenvalue weighted by Crippen LogP contribution is -2.30. The van der Waals surface area contributed by atoms with Crippen LogP contribution in [-0.2, 0) is 14.3 Å². The first-order valence-electron chi connectivity index (χ1n) is 7.41. The fourth-order valence-electron chi connectivity index (χ4n) is 2.58. The first kappa shape index (κ1) is 17.1. The summed E-state index contributed by atoms with van der Waals surface area (Å²) in [5.74, 6) is -0.360. The van der Waals surface area contributed by atoms with Crippen LogP contribution in [0.5, 0.6) is 0 Å². The maximum atomic E-state index is 12.1. The quantitative estimate of drug-likeness (QED) is 0.803. The summed E-state index contributed by atoms with van der Waals surface area (Å²) in [5.41, 5.74) is 0.401. The molecule has 0 unspecified atom stereocenters. The van der Waals surface area contributed by atoms with Crippen LogP contribution >= 0.6 is 23.2 Å². The summed E-state index contributed by atoms with van der Waals surface area (Å²) in [4.78, 5) is 23.9. The molecule has 0 aromatic heterocycles. The van der Waals surface area contributed by atoms with Gasteiger partial charge in [0.05, 0.1) is 10.7 Å². The molecule has 2 rings (SSSR count). The molecule has 1 atom stereocenters. The van der Waals surface area contributed by atoms with E-state index in [0.29, 0.717) is 28.1 Å². The molecule has 1 aromatic carbocycles. The second-order valence-corrected chi connectivity index (χ2v) is 6.44. The summed E-state index contributed by atoms with van der Waals surface area (Å²) in [7, 11) is 0. The number of nitrogens with one attached hydrogen (secondary N) is 1. The van der Waals surface area contributed by atoms with Crippen molar-refractivity contribution in [1.82, 2.24) is 0 Å². The van der Waals surface area contributed by atoms with E-state index in [1.807, 2.05) is 0 Å². The summed E-state index contributed by atoms with van der Waals surface area (Å²) >= 11 is 11.8. The summed E-state index contributed by atoms with van der Waals surface area (Å²) in [6, 6.07) is 4.77. The van der Waals surface area contributed by atoms with Gasteiger partial charge in [-0.15, -0.1) is 0 Å². The van der Waals surface area contributed by atoms with E-state index in [9.17, 15) is 9.59 Å². The minimum Gasteiger partial charge on any atom is -0.453 e. The maximum Gasteiger partial charge on any atom is 0.306 e. The van der Waals surface area contributed by atoms with Crippen LogP contribution in [0.4, 0.5) is 5.69 Å². The number of amides is 1. The summed E-state index contributed by atoms with van der Waals surface area (Å²) in [6.07, 6.45) is 3.98. The second kappa shape index (κ2) is 7.84. The smallest absolute Gasteiger partial charge is 0.306 e. The normalized spacial score (nSPS) is 16.3. The number of ether oxygens (including phenoxy) is 1. The van der Waals surface area contributed by atoms with Crippen molar-refractivity contribution in [2.24, 2.45) is 5.92 Å². The Morgan fingerprint density at radius 3 is 2.68 bits per heavy atom. The average molecular weight is 344 g/mol. The van der Waals surface area contributed by atoms with Gasteiger partial charge in [0, 0.05) is 11.4 Å². The van der Waals surface area contributed by atoms with E-state index in [1.165, 1.54) is 12.8 Å². The molecule has 1 aromatic rings. The standard InChI is InChI=1S/C16H19Cl2NO3/c1-10(22-15(20)8-11-4-2-3-5-11)16(21)19-14-9-12(17)6-7-13(14)18/h6-7,9-11H,2-5,8H2,1H3,(H,19,21)/t10-/m1/s1. The van der Waals surface area contributed by atoms with Crippen molar-refractivity contribution in [3.63, 3.8) is 0 Å². The minimum absolute atomic E-state index is 0.327. The van der Waals surface area contributed by atoms with Gasteiger partial charge in [0.15, 0.2) is 6.10 Å². The predicted octanol–water partition coefficient (Wildman–Crippen LogP) is 4.44. The Balaban J connectivity index is 1.85. The molecule has 1 amide bonds. The van der Waals surface area contributed by atoms with Gasteiger partial charge in [0.1, 0.15) is 0 Å². The lowest BCUT2D eigenvalue weighted by molar-refractivity contribution is -0.154. The molecule has 22 heavy (non-hydrogen) atoms. The first-order chi connectivity index (χ1) is 10.5. The van der Waals surface area contributed by atoms with Crippen molar-refractivity contribution in [2.45, 2.75) is 45.1 Å². The third-order valence-electron chi connectivity index (χ3n) is 3.79. The zero-order valence-electron chi connectivity index (χ0n) is 12.4. The highest BCUT2D eigenvalue weighted by Crippen LogP contribution is 2.28. The number of benzene rings is 1. The molecule has 0 bridgehead atoms. The van der Waals surface area contributed by atoms with Gasteiger partial charge in [0.25, 0.3) is 5.91 Å². The minimum atomic E-state index is -0.871. The Bertz CT molecular complexity index is 556. The lowest BCUT2D eigenvalue weighted by Gasteiger charge is -2.15. The molecule has 0 saturated heterocycles. The van der Waals surface area contributed by atoms with Crippen LogP contribution in [0.25, 0.3) is 0 Å². The van der Waals surface area contributed by atoms with Gasteiger partial charge in [-0.25, -0.2) is 0 Å². The molecule has 0 heterocycles. The van der Waals surface area contributed by atoms with E-state index >= 15 is 0 Å². The van der Waals surface area contributed by atoms with E-state index in [2.05, 4.69) is 5.32 Å². The van der Waals surface area contributed by atoms with Crippen LogP contribution in [0.1, 0.15) is 39.0 Å². The number of carbonyl (C=O) groups excluding carboxylic acids is 2. The Morgan fingerprint density at radius 1 is 1.32 bits per heavy atom. The molecule has 0 spiro atoms. The highest BCUT2D eigenvalue weighted by Gasteiger charge is 2.23. The van der Waals surface area contributed by atoms with Crippen LogP contribution < -0.4 is 5.32 Å². The molecule has 0 aliphatic heterocycles. The second-order valence-electron chi connectivity index (χ2n) is 5.60. The largest absolute Gasteiger partial charge is 0.453 e. The summed E-state index contributed by atoms with van der Waals surface area (Å²) in [5, 5.41) is 3.46. The summed E-state index contributed by atoms with van der Waals surface area (Å²) in [6.45, 7) is 1.54. The molecular weight excluding hydrogens is 325 g/mol. The Kier molecular flexibility index (Phi) is 6.09. The van der Waals surface area contributed by atoms with E-state index in [-0.39, 0.29) is 5.97 Å². The van der Waals surface area contributed by atoms with Crippen molar-refractivity contribution < 1.29 is 14.3 Å². The average Bonchev–Trinajstić information content (AvgIpc) is 2.95. The van der Waals surface area contributed by atoms with Crippen molar-refractivity contribution in [3.05, 3.63) is 28.2 Å². The van der Waals surface area contributed by atoms with Crippen LogP contribution in [0.2, 0.25) is 10.0 Å². The molecule has 1 fully saturated rings. The monoisotopic (exact) mass is 343 g/mol. The number of anilines is 1.